The summed E-state index contributed by atoms with van der Waals surface area (Å²) in [5.41, 5.74) is 1.57. The number of carbonyl (C=O) groups is 1. The van der Waals surface area contributed by atoms with E-state index in [1.807, 2.05) is 15.5 Å². The summed E-state index contributed by atoms with van der Waals surface area (Å²) in [5, 5.41) is 14.9. The fourth-order valence-electron chi connectivity index (χ4n) is 3.17. The first-order valence-electron chi connectivity index (χ1n) is 9.00. The highest BCUT2D eigenvalue weighted by atomic mass is 16.2. The highest BCUT2D eigenvalue weighted by Gasteiger charge is 2.22. The number of carbonyl (C=O) groups excluding carboxylic acids is 1. The van der Waals surface area contributed by atoms with Crippen LogP contribution in [0.25, 0.3) is 0 Å². The molecule has 0 aliphatic carbocycles. The molecule has 1 amide bonds. The molecule has 8 heteroatoms. The summed E-state index contributed by atoms with van der Waals surface area (Å²) >= 11 is 0. The Morgan fingerprint density at radius 2 is 1.96 bits per heavy atom. The van der Waals surface area contributed by atoms with Gasteiger partial charge in [0.1, 0.15) is 18.3 Å². The van der Waals surface area contributed by atoms with E-state index in [0.717, 1.165) is 57.8 Å². The fraction of sp³-hybridized carbons (Fsp3) is 0.647. The van der Waals surface area contributed by atoms with Gasteiger partial charge in [-0.25, -0.2) is 0 Å². The molecule has 0 aromatic carbocycles. The zero-order chi connectivity index (χ0) is 17.6. The molecule has 3 rings (SSSR count). The Morgan fingerprint density at radius 3 is 2.72 bits per heavy atom. The third-order valence-corrected chi connectivity index (χ3v) is 4.49. The Kier molecular flexibility index (Phi) is 5.80. The Hall–Kier alpha value is -2.22. The second-order valence-electron chi connectivity index (χ2n) is 7.06. The summed E-state index contributed by atoms with van der Waals surface area (Å²) < 4.78 is 1.98. The molecule has 0 radical (unpaired) electrons. The molecule has 8 nitrogen and oxygen atoms in total. The number of H-pyrrole nitrogens is 1. The van der Waals surface area contributed by atoms with Crippen molar-refractivity contribution >= 4 is 5.91 Å². The van der Waals surface area contributed by atoms with Gasteiger partial charge < -0.3 is 9.47 Å². The molecule has 0 saturated carbocycles. The number of nitrogens with zero attached hydrogens (tertiary/aromatic N) is 6. The molecule has 3 heterocycles. The SMILES string of the molecule is CC(C)Cc1cc(C(=O)N2CCCN(CCn3cnnc3)CC2)n[nH]1. The van der Waals surface area contributed by atoms with Crippen molar-refractivity contribution in [2.75, 3.05) is 32.7 Å². The fourth-order valence-corrected chi connectivity index (χ4v) is 3.17. The minimum Gasteiger partial charge on any atom is -0.336 e. The van der Waals surface area contributed by atoms with Gasteiger partial charge in [-0.15, -0.1) is 10.2 Å². The molecule has 136 valence electrons. The topological polar surface area (TPSA) is 82.9 Å². The van der Waals surface area contributed by atoms with Gasteiger partial charge in [-0.05, 0) is 31.4 Å². The summed E-state index contributed by atoms with van der Waals surface area (Å²) in [7, 11) is 0. The van der Waals surface area contributed by atoms with Crippen LogP contribution in [0.2, 0.25) is 0 Å². The predicted octanol–water partition coefficient (Wildman–Crippen LogP) is 1.05. The normalized spacial score (nSPS) is 16.4. The van der Waals surface area contributed by atoms with Crippen LogP contribution in [0.4, 0.5) is 0 Å². The first kappa shape index (κ1) is 17.6. The van der Waals surface area contributed by atoms with Crippen LogP contribution >= 0.6 is 0 Å². The number of hydrogen-bond acceptors (Lipinski definition) is 5. The monoisotopic (exact) mass is 345 g/mol. The van der Waals surface area contributed by atoms with Crippen LogP contribution in [-0.4, -0.2) is 73.4 Å². The Labute approximate surface area is 148 Å². The summed E-state index contributed by atoms with van der Waals surface area (Å²) in [6.45, 7) is 9.56. The third-order valence-electron chi connectivity index (χ3n) is 4.49. The van der Waals surface area contributed by atoms with Gasteiger partial charge in [0.2, 0.25) is 0 Å². The van der Waals surface area contributed by atoms with Gasteiger partial charge in [0, 0.05) is 38.4 Å². The lowest BCUT2D eigenvalue weighted by Gasteiger charge is -2.21. The average molecular weight is 345 g/mol. The molecular formula is C17H27N7O. The van der Waals surface area contributed by atoms with Crippen molar-refractivity contribution in [3.05, 3.63) is 30.1 Å². The lowest BCUT2D eigenvalue weighted by atomic mass is 10.1. The van der Waals surface area contributed by atoms with Crippen LogP contribution in [-0.2, 0) is 13.0 Å². The molecule has 0 atom stereocenters. The van der Waals surface area contributed by atoms with Crippen LogP contribution in [0.5, 0.6) is 0 Å². The highest BCUT2D eigenvalue weighted by Crippen LogP contribution is 2.11. The Morgan fingerprint density at radius 1 is 1.16 bits per heavy atom. The first-order chi connectivity index (χ1) is 12.1. The quantitative estimate of drug-likeness (QED) is 0.846. The van der Waals surface area contributed by atoms with E-state index in [1.165, 1.54) is 0 Å². The molecule has 1 saturated heterocycles. The zero-order valence-electron chi connectivity index (χ0n) is 15.1. The maximum absolute atomic E-state index is 12.7. The summed E-state index contributed by atoms with van der Waals surface area (Å²) in [6, 6.07) is 1.90. The van der Waals surface area contributed by atoms with Crippen LogP contribution in [0, 0.1) is 5.92 Å². The van der Waals surface area contributed by atoms with E-state index >= 15 is 0 Å². The number of amides is 1. The van der Waals surface area contributed by atoms with Crippen molar-refractivity contribution in [1.29, 1.82) is 0 Å². The Bertz CT molecular complexity index is 664. The summed E-state index contributed by atoms with van der Waals surface area (Å²) in [4.78, 5) is 17.0. The maximum Gasteiger partial charge on any atom is 0.274 e. The summed E-state index contributed by atoms with van der Waals surface area (Å²) in [5.74, 6) is 0.577. The van der Waals surface area contributed by atoms with Crippen molar-refractivity contribution in [1.82, 2.24) is 34.8 Å². The average Bonchev–Trinajstić information content (AvgIpc) is 3.20. The Balaban J connectivity index is 1.51. The van der Waals surface area contributed by atoms with E-state index in [0.29, 0.717) is 11.6 Å². The van der Waals surface area contributed by atoms with Crippen LogP contribution in [0.15, 0.2) is 18.7 Å². The summed E-state index contributed by atoms with van der Waals surface area (Å²) in [6.07, 6.45) is 5.37. The third kappa shape index (κ3) is 4.88. The van der Waals surface area contributed by atoms with Crippen LogP contribution in [0.1, 0.15) is 36.5 Å². The van der Waals surface area contributed by atoms with Gasteiger partial charge in [-0.3, -0.25) is 14.8 Å². The second-order valence-corrected chi connectivity index (χ2v) is 7.06. The van der Waals surface area contributed by atoms with Gasteiger partial charge in [-0.2, -0.15) is 5.10 Å². The van der Waals surface area contributed by atoms with Gasteiger partial charge in [-0.1, -0.05) is 13.8 Å². The number of aromatic nitrogens is 5. The minimum atomic E-state index is 0.0342. The molecule has 2 aromatic heterocycles. The number of hydrogen-bond donors (Lipinski definition) is 1. The predicted molar refractivity (Wildman–Crippen MR) is 94.1 cm³/mol. The smallest absolute Gasteiger partial charge is 0.274 e. The minimum absolute atomic E-state index is 0.0342. The molecule has 2 aromatic rings. The molecule has 1 aliphatic heterocycles. The molecule has 1 aliphatic rings. The number of aromatic amines is 1. The molecule has 1 fully saturated rings. The maximum atomic E-state index is 12.7. The standard InChI is InChI=1S/C17H27N7O/c1-14(2)10-15-11-16(21-20-15)17(25)24-5-3-4-22(8-9-24)6-7-23-12-18-19-13-23/h11-14H,3-10H2,1-2H3,(H,20,21). The van der Waals surface area contributed by atoms with Gasteiger partial charge in [0.25, 0.3) is 5.91 Å². The van der Waals surface area contributed by atoms with E-state index in [4.69, 9.17) is 0 Å². The van der Waals surface area contributed by atoms with Crippen LogP contribution < -0.4 is 0 Å². The van der Waals surface area contributed by atoms with E-state index < -0.39 is 0 Å². The van der Waals surface area contributed by atoms with Gasteiger partial charge >= 0.3 is 0 Å². The van der Waals surface area contributed by atoms with E-state index in [1.54, 1.807) is 12.7 Å². The molecule has 25 heavy (non-hydrogen) atoms. The molecule has 0 unspecified atom stereocenters. The molecular weight excluding hydrogens is 318 g/mol. The molecule has 0 spiro atoms. The lowest BCUT2D eigenvalue weighted by molar-refractivity contribution is 0.0755. The van der Waals surface area contributed by atoms with E-state index in [-0.39, 0.29) is 5.91 Å². The molecule has 1 N–H and O–H groups in total. The van der Waals surface area contributed by atoms with Gasteiger partial charge in [0.05, 0.1) is 0 Å². The first-order valence-corrected chi connectivity index (χ1v) is 9.00. The van der Waals surface area contributed by atoms with Gasteiger partial charge in [0.15, 0.2) is 0 Å². The van der Waals surface area contributed by atoms with Crippen molar-refractivity contribution in [3.63, 3.8) is 0 Å². The van der Waals surface area contributed by atoms with Crippen molar-refractivity contribution in [3.8, 4) is 0 Å². The van der Waals surface area contributed by atoms with Crippen molar-refractivity contribution in [2.45, 2.75) is 33.2 Å². The largest absolute Gasteiger partial charge is 0.336 e. The van der Waals surface area contributed by atoms with Crippen molar-refractivity contribution < 1.29 is 4.79 Å². The van der Waals surface area contributed by atoms with E-state index in [9.17, 15) is 4.79 Å². The lowest BCUT2D eigenvalue weighted by Crippen LogP contribution is -2.36. The van der Waals surface area contributed by atoms with Crippen molar-refractivity contribution in [2.24, 2.45) is 5.92 Å². The molecule has 0 bridgehead atoms. The zero-order valence-corrected chi connectivity index (χ0v) is 15.1. The highest BCUT2D eigenvalue weighted by molar-refractivity contribution is 5.92. The number of nitrogens with one attached hydrogen (secondary N) is 1. The van der Waals surface area contributed by atoms with Crippen LogP contribution in [0.3, 0.4) is 0 Å². The second kappa shape index (κ2) is 8.24. The van der Waals surface area contributed by atoms with E-state index in [2.05, 4.69) is 39.1 Å². The number of rotatable bonds is 6.